The minimum absolute atomic E-state index is 0.102. The molecule has 3 aromatic carbocycles. The van der Waals surface area contributed by atoms with Gasteiger partial charge < -0.3 is 19.4 Å². The maximum absolute atomic E-state index is 12.9. The number of hydrogen-bond acceptors (Lipinski definition) is 5. The van der Waals surface area contributed by atoms with E-state index in [4.69, 9.17) is 14.3 Å². The summed E-state index contributed by atoms with van der Waals surface area (Å²) in [4.78, 5) is 19.4. The first-order valence-electron chi connectivity index (χ1n) is 11.0. The molecular formula is C28H27NO5. The third kappa shape index (κ3) is 5.13. The van der Waals surface area contributed by atoms with Crippen LogP contribution in [0.25, 0.3) is 0 Å². The molecule has 0 aliphatic rings. The Labute approximate surface area is 198 Å². The van der Waals surface area contributed by atoms with Crippen molar-refractivity contribution >= 4 is 0 Å². The Balaban J connectivity index is 1.68. The molecule has 0 spiro atoms. The lowest BCUT2D eigenvalue weighted by Crippen LogP contribution is -2.26. The molecule has 0 amide bonds. The fourth-order valence-corrected chi connectivity index (χ4v) is 3.67. The number of pyridine rings is 1. The Kier molecular flexibility index (Phi) is 7.30. The van der Waals surface area contributed by atoms with Gasteiger partial charge in [-0.05, 0) is 35.7 Å². The summed E-state index contributed by atoms with van der Waals surface area (Å²) in [5.41, 5.74) is 3.18. The first-order chi connectivity index (χ1) is 16.6. The molecule has 0 aliphatic heterocycles. The molecule has 0 bridgehead atoms. The second kappa shape index (κ2) is 10.7. The van der Waals surface area contributed by atoms with Gasteiger partial charge in [0.25, 0.3) is 0 Å². The molecule has 1 aromatic heterocycles. The number of ether oxygens (including phenoxy) is 2. The van der Waals surface area contributed by atoms with Crippen LogP contribution < -0.4 is 19.7 Å². The number of hydrogen-bond donors (Lipinski definition) is 1. The molecule has 174 valence electrons. The van der Waals surface area contributed by atoms with Gasteiger partial charge >= 0.3 is 0 Å². The zero-order valence-corrected chi connectivity index (χ0v) is 19.2. The number of benzene rings is 3. The number of methoxy groups -OCH3 is 1. The van der Waals surface area contributed by atoms with E-state index in [1.54, 1.807) is 20.2 Å². The number of aromatic nitrogens is 1. The van der Waals surface area contributed by atoms with Gasteiger partial charge in [-0.15, -0.1) is 0 Å². The van der Waals surface area contributed by atoms with Crippen LogP contribution in [0.4, 0.5) is 0 Å². The molecular weight excluding hydrogens is 430 g/mol. The van der Waals surface area contributed by atoms with E-state index in [2.05, 4.69) is 0 Å². The second-order valence-corrected chi connectivity index (χ2v) is 7.81. The van der Waals surface area contributed by atoms with Crippen molar-refractivity contribution < 1.29 is 19.4 Å². The summed E-state index contributed by atoms with van der Waals surface area (Å²) in [5, 5.41) is 9.92. The standard InChI is InChI=1S/C28H27NO5/c1-20-25(18-30)27(31)26(33-19-21-13-15-24(32-2)16-14-21)17-29(20)34-28(22-9-5-3-6-10-22)23-11-7-4-8-12-23/h3-17,28,30H,18-19H2,1-2H3. The molecule has 0 fully saturated rings. The average Bonchev–Trinajstić information content (AvgIpc) is 2.89. The molecule has 0 saturated heterocycles. The Bertz CT molecular complexity index is 1230. The van der Waals surface area contributed by atoms with Crippen molar-refractivity contribution in [3.8, 4) is 11.5 Å². The van der Waals surface area contributed by atoms with Crippen LogP contribution in [-0.4, -0.2) is 16.9 Å². The van der Waals surface area contributed by atoms with Crippen molar-refractivity contribution in [1.29, 1.82) is 0 Å². The third-order valence-electron chi connectivity index (χ3n) is 5.63. The first kappa shape index (κ1) is 23.1. The van der Waals surface area contributed by atoms with Gasteiger partial charge in [-0.3, -0.25) is 4.79 Å². The van der Waals surface area contributed by atoms with Crippen LogP contribution >= 0.6 is 0 Å². The van der Waals surface area contributed by atoms with Gasteiger partial charge in [-0.1, -0.05) is 72.8 Å². The fourth-order valence-electron chi connectivity index (χ4n) is 3.67. The molecule has 6 nitrogen and oxygen atoms in total. The van der Waals surface area contributed by atoms with E-state index >= 15 is 0 Å². The van der Waals surface area contributed by atoms with Crippen LogP contribution in [0.5, 0.6) is 11.5 Å². The average molecular weight is 458 g/mol. The van der Waals surface area contributed by atoms with Crippen LogP contribution in [0.15, 0.2) is 95.9 Å². The molecule has 4 aromatic rings. The highest BCUT2D eigenvalue weighted by Crippen LogP contribution is 2.25. The van der Waals surface area contributed by atoms with Crippen LogP contribution in [0.3, 0.4) is 0 Å². The largest absolute Gasteiger partial charge is 0.497 e. The summed E-state index contributed by atoms with van der Waals surface area (Å²) in [6.07, 6.45) is 1.11. The molecule has 0 radical (unpaired) electrons. The summed E-state index contributed by atoms with van der Waals surface area (Å²) < 4.78 is 12.6. The second-order valence-electron chi connectivity index (χ2n) is 7.81. The molecule has 4 rings (SSSR count). The number of nitrogens with zero attached hydrogens (tertiary/aromatic N) is 1. The van der Waals surface area contributed by atoms with Gasteiger partial charge in [0.05, 0.1) is 31.2 Å². The van der Waals surface area contributed by atoms with E-state index in [1.165, 1.54) is 4.73 Å². The van der Waals surface area contributed by atoms with Gasteiger partial charge in [0, 0.05) is 0 Å². The van der Waals surface area contributed by atoms with E-state index in [1.807, 2.05) is 84.9 Å². The topological polar surface area (TPSA) is 69.9 Å². The van der Waals surface area contributed by atoms with Gasteiger partial charge in [0.2, 0.25) is 5.43 Å². The molecule has 0 atom stereocenters. The van der Waals surface area contributed by atoms with Gasteiger partial charge in [0.1, 0.15) is 12.4 Å². The van der Waals surface area contributed by atoms with E-state index < -0.39 is 12.7 Å². The summed E-state index contributed by atoms with van der Waals surface area (Å²) >= 11 is 0. The first-order valence-corrected chi connectivity index (χ1v) is 11.0. The van der Waals surface area contributed by atoms with Crippen LogP contribution in [-0.2, 0) is 13.2 Å². The molecule has 34 heavy (non-hydrogen) atoms. The maximum Gasteiger partial charge on any atom is 0.229 e. The van der Waals surface area contributed by atoms with Crippen molar-refractivity contribution in [2.24, 2.45) is 0 Å². The number of aliphatic hydroxyl groups excluding tert-OH is 1. The van der Waals surface area contributed by atoms with Crippen molar-refractivity contribution in [3.05, 3.63) is 129 Å². The zero-order chi connectivity index (χ0) is 23.9. The monoisotopic (exact) mass is 457 g/mol. The number of rotatable bonds is 9. The minimum Gasteiger partial charge on any atom is -0.497 e. The van der Waals surface area contributed by atoms with Crippen molar-refractivity contribution in [2.45, 2.75) is 26.2 Å². The quantitative estimate of drug-likeness (QED) is 0.402. The lowest BCUT2D eigenvalue weighted by molar-refractivity contribution is 0.0522. The van der Waals surface area contributed by atoms with Crippen LogP contribution in [0.2, 0.25) is 0 Å². The van der Waals surface area contributed by atoms with E-state index in [-0.39, 0.29) is 23.3 Å². The SMILES string of the molecule is COc1ccc(COc2cn(OC(c3ccccc3)c3ccccc3)c(C)c(CO)c2=O)cc1. The molecule has 0 aliphatic carbocycles. The summed E-state index contributed by atoms with van der Waals surface area (Å²) in [5.74, 6) is 0.843. The maximum atomic E-state index is 12.9. The lowest BCUT2D eigenvalue weighted by atomic mass is 10.0. The fraction of sp³-hybridized carbons (Fsp3) is 0.179. The third-order valence-corrected chi connectivity index (χ3v) is 5.63. The number of aliphatic hydroxyl groups is 1. The van der Waals surface area contributed by atoms with Gasteiger partial charge in [0.15, 0.2) is 11.9 Å². The van der Waals surface area contributed by atoms with Crippen LogP contribution in [0, 0.1) is 6.92 Å². The molecule has 1 N–H and O–H groups in total. The smallest absolute Gasteiger partial charge is 0.229 e. The summed E-state index contributed by atoms with van der Waals surface area (Å²) in [7, 11) is 1.61. The Morgan fingerprint density at radius 1 is 0.882 bits per heavy atom. The highest BCUT2D eigenvalue weighted by atomic mass is 16.7. The van der Waals surface area contributed by atoms with E-state index in [9.17, 15) is 9.90 Å². The molecule has 0 saturated carbocycles. The molecule has 1 heterocycles. The summed E-state index contributed by atoms with van der Waals surface area (Å²) in [6, 6.07) is 27.1. The molecule has 0 unspecified atom stereocenters. The Morgan fingerprint density at radius 2 is 1.47 bits per heavy atom. The van der Waals surface area contributed by atoms with Gasteiger partial charge in [-0.25, -0.2) is 0 Å². The van der Waals surface area contributed by atoms with Crippen molar-refractivity contribution in [1.82, 2.24) is 4.73 Å². The highest BCUT2D eigenvalue weighted by molar-refractivity contribution is 5.33. The Morgan fingerprint density at radius 3 is 2.00 bits per heavy atom. The van der Waals surface area contributed by atoms with Crippen molar-refractivity contribution in [2.75, 3.05) is 7.11 Å². The normalized spacial score (nSPS) is 10.8. The van der Waals surface area contributed by atoms with E-state index in [0.29, 0.717) is 5.69 Å². The predicted molar refractivity (Wildman–Crippen MR) is 130 cm³/mol. The lowest BCUT2D eigenvalue weighted by Gasteiger charge is -2.24. The Hall–Kier alpha value is -4.03. The minimum atomic E-state index is -0.426. The van der Waals surface area contributed by atoms with Crippen LogP contribution in [0.1, 0.15) is 34.1 Å². The highest BCUT2D eigenvalue weighted by Gasteiger charge is 2.20. The zero-order valence-electron chi connectivity index (χ0n) is 19.2. The predicted octanol–water partition coefficient (Wildman–Crippen LogP) is 4.45. The molecule has 6 heteroatoms. The van der Waals surface area contributed by atoms with Gasteiger partial charge in [-0.2, -0.15) is 4.73 Å². The summed E-state index contributed by atoms with van der Waals surface area (Å²) in [6.45, 7) is 1.51. The van der Waals surface area contributed by atoms with E-state index in [0.717, 1.165) is 22.4 Å². The van der Waals surface area contributed by atoms with Crippen molar-refractivity contribution in [3.63, 3.8) is 0 Å².